The van der Waals surface area contributed by atoms with E-state index in [0.29, 0.717) is 5.92 Å². The Morgan fingerprint density at radius 1 is 1.29 bits per heavy atom. The zero-order valence-corrected chi connectivity index (χ0v) is 10.3. The molecule has 1 atom stereocenters. The van der Waals surface area contributed by atoms with Gasteiger partial charge in [-0.1, -0.05) is 35.5 Å². The van der Waals surface area contributed by atoms with Crippen molar-refractivity contribution < 1.29 is 5.21 Å². The van der Waals surface area contributed by atoms with Gasteiger partial charge in [-0.2, -0.15) is 0 Å². The van der Waals surface area contributed by atoms with Crippen molar-refractivity contribution in [3.05, 3.63) is 35.9 Å². The molecule has 2 rings (SSSR count). The van der Waals surface area contributed by atoms with Gasteiger partial charge < -0.3 is 10.5 Å². The zero-order chi connectivity index (χ0) is 12.1. The summed E-state index contributed by atoms with van der Waals surface area (Å²) in [6.07, 6.45) is 2.29. The summed E-state index contributed by atoms with van der Waals surface area (Å²) in [6, 6.07) is 10.4. The van der Waals surface area contributed by atoms with Gasteiger partial charge in [-0.05, 0) is 44.3 Å². The van der Waals surface area contributed by atoms with E-state index in [4.69, 9.17) is 5.21 Å². The molecule has 0 spiro atoms. The molecule has 0 saturated carbocycles. The molecule has 0 bridgehead atoms. The fourth-order valence-corrected chi connectivity index (χ4v) is 2.75. The largest absolute Gasteiger partial charge is 0.411 e. The summed E-state index contributed by atoms with van der Waals surface area (Å²) in [7, 11) is 0. The highest BCUT2D eigenvalue weighted by Crippen LogP contribution is 2.32. The van der Waals surface area contributed by atoms with Gasteiger partial charge in [0.25, 0.3) is 0 Å². The van der Waals surface area contributed by atoms with Crippen LogP contribution in [-0.2, 0) is 0 Å². The van der Waals surface area contributed by atoms with Crippen molar-refractivity contribution in [2.45, 2.75) is 25.7 Å². The maximum absolute atomic E-state index is 9.07. The second-order valence-corrected chi connectivity index (χ2v) is 4.72. The van der Waals surface area contributed by atoms with Gasteiger partial charge in [-0.15, -0.1) is 0 Å². The first kappa shape index (κ1) is 12.1. The van der Waals surface area contributed by atoms with Crippen LogP contribution in [0, 0.1) is 5.92 Å². The lowest BCUT2D eigenvalue weighted by Gasteiger charge is -2.30. The van der Waals surface area contributed by atoms with Crippen molar-refractivity contribution in [3.8, 4) is 0 Å². The first-order chi connectivity index (χ1) is 8.33. The summed E-state index contributed by atoms with van der Waals surface area (Å²) in [4.78, 5) is 0. The predicted molar refractivity (Wildman–Crippen MR) is 69.7 cm³/mol. The second kappa shape index (κ2) is 5.82. The average Bonchev–Trinajstić information content (AvgIpc) is 2.41. The van der Waals surface area contributed by atoms with Crippen molar-refractivity contribution in [3.63, 3.8) is 0 Å². The Balaban J connectivity index is 2.25. The lowest BCUT2D eigenvalue weighted by Crippen LogP contribution is -2.33. The summed E-state index contributed by atoms with van der Waals surface area (Å²) in [6.45, 7) is 4.04. The fourth-order valence-electron chi connectivity index (χ4n) is 2.75. The van der Waals surface area contributed by atoms with Gasteiger partial charge in [0.05, 0.1) is 5.71 Å². The van der Waals surface area contributed by atoms with E-state index in [-0.39, 0.29) is 5.92 Å². The highest BCUT2D eigenvalue weighted by atomic mass is 16.4. The quantitative estimate of drug-likeness (QED) is 0.478. The molecule has 3 nitrogen and oxygen atoms in total. The third-order valence-electron chi connectivity index (χ3n) is 3.62. The van der Waals surface area contributed by atoms with Gasteiger partial charge in [0, 0.05) is 5.92 Å². The third kappa shape index (κ3) is 2.86. The Kier molecular flexibility index (Phi) is 4.15. The SMILES string of the molecule is C/C(=N\O)C(c1ccccc1)C1CCNCC1. The van der Waals surface area contributed by atoms with Crippen molar-refractivity contribution >= 4 is 5.71 Å². The van der Waals surface area contributed by atoms with Gasteiger partial charge >= 0.3 is 0 Å². The van der Waals surface area contributed by atoms with Crippen molar-refractivity contribution in [1.82, 2.24) is 5.32 Å². The summed E-state index contributed by atoms with van der Waals surface area (Å²) >= 11 is 0. The highest BCUT2D eigenvalue weighted by molar-refractivity contribution is 5.88. The zero-order valence-electron chi connectivity index (χ0n) is 10.3. The Morgan fingerprint density at radius 3 is 2.53 bits per heavy atom. The summed E-state index contributed by atoms with van der Waals surface area (Å²) in [5, 5.41) is 15.9. The number of nitrogens with zero attached hydrogens (tertiary/aromatic N) is 1. The van der Waals surface area contributed by atoms with E-state index in [0.717, 1.165) is 31.6 Å². The Morgan fingerprint density at radius 2 is 1.94 bits per heavy atom. The van der Waals surface area contributed by atoms with Gasteiger partial charge in [0.2, 0.25) is 0 Å². The Hall–Kier alpha value is -1.35. The van der Waals surface area contributed by atoms with E-state index in [1.54, 1.807) is 0 Å². The van der Waals surface area contributed by atoms with Crippen LogP contribution in [0.15, 0.2) is 35.5 Å². The number of benzene rings is 1. The molecule has 1 heterocycles. The molecule has 1 fully saturated rings. The van der Waals surface area contributed by atoms with Crippen LogP contribution in [0.25, 0.3) is 0 Å². The topological polar surface area (TPSA) is 44.6 Å². The number of hydrogen-bond acceptors (Lipinski definition) is 3. The van der Waals surface area contributed by atoms with Crippen LogP contribution < -0.4 is 5.32 Å². The normalized spacial score (nSPS) is 20.2. The summed E-state index contributed by atoms with van der Waals surface area (Å²) in [5.74, 6) is 0.831. The van der Waals surface area contributed by atoms with Crippen molar-refractivity contribution in [1.29, 1.82) is 0 Å². The molecule has 0 radical (unpaired) electrons. The van der Waals surface area contributed by atoms with Gasteiger partial charge in [0.15, 0.2) is 0 Å². The minimum absolute atomic E-state index is 0.253. The molecule has 2 N–H and O–H groups in total. The number of piperidine rings is 1. The van der Waals surface area contributed by atoms with Crippen LogP contribution in [0.4, 0.5) is 0 Å². The Labute approximate surface area is 103 Å². The van der Waals surface area contributed by atoms with E-state index in [1.165, 1.54) is 5.56 Å². The predicted octanol–water partition coefficient (Wildman–Crippen LogP) is 2.62. The molecule has 1 saturated heterocycles. The molecule has 0 amide bonds. The minimum Gasteiger partial charge on any atom is -0.411 e. The monoisotopic (exact) mass is 232 g/mol. The van der Waals surface area contributed by atoms with Crippen molar-refractivity contribution in [2.24, 2.45) is 11.1 Å². The van der Waals surface area contributed by atoms with Crippen molar-refractivity contribution in [2.75, 3.05) is 13.1 Å². The Bertz CT molecular complexity index is 369. The molecule has 1 aliphatic rings. The van der Waals surface area contributed by atoms with Crippen LogP contribution in [0.5, 0.6) is 0 Å². The summed E-state index contributed by atoms with van der Waals surface area (Å²) in [5.41, 5.74) is 2.08. The molecule has 3 heteroatoms. The molecule has 1 aromatic carbocycles. The van der Waals surface area contributed by atoms with E-state index in [1.807, 2.05) is 25.1 Å². The van der Waals surface area contributed by atoms with Gasteiger partial charge in [0.1, 0.15) is 0 Å². The van der Waals surface area contributed by atoms with Crippen LogP contribution in [-0.4, -0.2) is 24.0 Å². The van der Waals surface area contributed by atoms with Crippen LogP contribution >= 0.6 is 0 Å². The van der Waals surface area contributed by atoms with Crippen LogP contribution in [0.1, 0.15) is 31.2 Å². The minimum atomic E-state index is 0.253. The standard InChI is InChI=1S/C14H20N2O/c1-11(16-17)14(12-5-3-2-4-6-12)13-7-9-15-10-8-13/h2-6,13-15,17H,7-10H2,1H3/b16-11+. The number of hydrogen-bond donors (Lipinski definition) is 2. The average molecular weight is 232 g/mol. The molecule has 0 aromatic heterocycles. The molecule has 0 aliphatic carbocycles. The first-order valence-electron chi connectivity index (χ1n) is 6.27. The highest BCUT2D eigenvalue weighted by Gasteiger charge is 2.27. The fraction of sp³-hybridized carbons (Fsp3) is 0.500. The lowest BCUT2D eigenvalue weighted by molar-refractivity contribution is 0.306. The molecule has 92 valence electrons. The molecular weight excluding hydrogens is 212 g/mol. The van der Waals surface area contributed by atoms with Crippen LogP contribution in [0.3, 0.4) is 0 Å². The number of oxime groups is 1. The smallest absolute Gasteiger partial charge is 0.0617 e. The lowest BCUT2D eigenvalue weighted by atomic mass is 9.78. The van der Waals surface area contributed by atoms with E-state index in [2.05, 4.69) is 22.6 Å². The van der Waals surface area contributed by atoms with E-state index < -0.39 is 0 Å². The van der Waals surface area contributed by atoms with Gasteiger partial charge in [-0.3, -0.25) is 0 Å². The van der Waals surface area contributed by atoms with E-state index >= 15 is 0 Å². The molecule has 17 heavy (non-hydrogen) atoms. The first-order valence-corrected chi connectivity index (χ1v) is 6.27. The second-order valence-electron chi connectivity index (χ2n) is 4.72. The van der Waals surface area contributed by atoms with Crippen LogP contribution in [0.2, 0.25) is 0 Å². The number of nitrogens with one attached hydrogen (secondary N) is 1. The molecule has 1 aromatic rings. The van der Waals surface area contributed by atoms with Gasteiger partial charge in [-0.25, -0.2) is 0 Å². The summed E-state index contributed by atoms with van der Waals surface area (Å²) < 4.78 is 0. The molecular formula is C14H20N2O. The van der Waals surface area contributed by atoms with E-state index in [9.17, 15) is 0 Å². The molecule has 1 unspecified atom stereocenters. The maximum atomic E-state index is 9.07. The maximum Gasteiger partial charge on any atom is 0.0617 e. The number of rotatable bonds is 3. The molecule has 1 aliphatic heterocycles. The third-order valence-corrected chi connectivity index (χ3v) is 3.62.